The average molecular weight is 425 g/mol. The minimum Gasteiger partial charge on any atom is -0.439 e. The SMILES string of the molecule is O=C(CN1CCN(Cc2ncc(-c3cccc(Cl)c3)o2)CC1)NCc1ccccc1. The number of aromatic nitrogens is 1. The van der Waals surface area contributed by atoms with Crippen molar-refractivity contribution in [1.82, 2.24) is 20.1 Å². The van der Waals surface area contributed by atoms with E-state index in [-0.39, 0.29) is 5.91 Å². The largest absolute Gasteiger partial charge is 0.439 e. The van der Waals surface area contributed by atoms with Crippen LogP contribution in [0.1, 0.15) is 11.5 Å². The van der Waals surface area contributed by atoms with Crippen LogP contribution in [-0.2, 0) is 17.9 Å². The van der Waals surface area contributed by atoms with Gasteiger partial charge in [0.1, 0.15) is 0 Å². The van der Waals surface area contributed by atoms with Crippen LogP contribution in [0.3, 0.4) is 0 Å². The van der Waals surface area contributed by atoms with Crippen molar-refractivity contribution in [3.05, 3.63) is 77.3 Å². The lowest BCUT2D eigenvalue weighted by molar-refractivity contribution is -0.122. The predicted molar refractivity (Wildman–Crippen MR) is 117 cm³/mol. The van der Waals surface area contributed by atoms with E-state index in [0.717, 1.165) is 43.1 Å². The lowest BCUT2D eigenvalue weighted by Gasteiger charge is -2.33. The second-order valence-electron chi connectivity index (χ2n) is 7.44. The second-order valence-corrected chi connectivity index (χ2v) is 7.88. The molecule has 0 unspecified atom stereocenters. The molecular formula is C23H25ClN4O2. The smallest absolute Gasteiger partial charge is 0.234 e. The summed E-state index contributed by atoms with van der Waals surface area (Å²) in [5.41, 5.74) is 2.03. The number of nitrogens with zero attached hydrogens (tertiary/aromatic N) is 3. The van der Waals surface area contributed by atoms with E-state index in [9.17, 15) is 4.79 Å². The first-order chi connectivity index (χ1) is 14.7. The Morgan fingerprint density at radius 3 is 2.57 bits per heavy atom. The summed E-state index contributed by atoms with van der Waals surface area (Å²) in [5, 5.41) is 3.67. The molecule has 156 valence electrons. The molecule has 0 bridgehead atoms. The number of rotatable bonds is 7. The number of hydrogen-bond donors (Lipinski definition) is 1. The zero-order valence-electron chi connectivity index (χ0n) is 16.8. The third kappa shape index (κ3) is 5.69. The predicted octanol–water partition coefficient (Wildman–Crippen LogP) is 3.43. The first-order valence-electron chi connectivity index (χ1n) is 10.1. The molecule has 4 rings (SSSR count). The quantitative estimate of drug-likeness (QED) is 0.629. The Morgan fingerprint density at radius 1 is 1.03 bits per heavy atom. The van der Waals surface area contributed by atoms with Crippen LogP contribution in [-0.4, -0.2) is 53.4 Å². The van der Waals surface area contributed by atoms with E-state index in [4.69, 9.17) is 16.0 Å². The summed E-state index contributed by atoms with van der Waals surface area (Å²) in [6, 6.07) is 17.5. The van der Waals surface area contributed by atoms with Gasteiger partial charge in [-0.3, -0.25) is 14.6 Å². The molecule has 0 spiro atoms. The van der Waals surface area contributed by atoms with Gasteiger partial charge < -0.3 is 9.73 Å². The van der Waals surface area contributed by atoms with Gasteiger partial charge in [-0.25, -0.2) is 4.98 Å². The number of benzene rings is 2. The van der Waals surface area contributed by atoms with Crippen molar-refractivity contribution < 1.29 is 9.21 Å². The topological polar surface area (TPSA) is 61.6 Å². The molecule has 30 heavy (non-hydrogen) atoms. The molecule has 0 saturated carbocycles. The van der Waals surface area contributed by atoms with Gasteiger partial charge in [0.25, 0.3) is 0 Å². The highest BCUT2D eigenvalue weighted by Crippen LogP contribution is 2.24. The van der Waals surface area contributed by atoms with E-state index in [1.54, 1.807) is 6.20 Å². The van der Waals surface area contributed by atoms with Crippen molar-refractivity contribution in [2.45, 2.75) is 13.1 Å². The molecule has 1 amide bonds. The first-order valence-corrected chi connectivity index (χ1v) is 10.5. The third-order valence-corrected chi connectivity index (χ3v) is 5.42. The number of nitrogens with one attached hydrogen (secondary N) is 1. The maximum atomic E-state index is 12.2. The van der Waals surface area contributed by atoms with Gasteiger partial charge in [-0.15, -0.1) is 0 Å². The van der Waals surface area contributed by atoms with Gasteiger partial charge in [-0.2, -0.15) is 0 Å². The van der Waals surface area contributed by atoms with E-state index in [1.807, 2.05) is 54.6 Å². The van der Waals surface area contributed by atoms with Gasteiger partial charge >= 0.3 is 0 Å². The summed E-state index contributed by atoms with van der Waals surface area (Å²) < 4.78 is 5.90. The van der Waals surface area contributed by atoms with Crippen molar-refractivity contribution in [2.24, 2.45) is 0 Å². The number of hydrogen-bond acceptors (Lipinski definition) is 5. The van der Waals surface area contributed by atoms with Crippen LogP contribution in [0.2, 0.25) is 5.02 Å². The van der Waals surface area contributed by atoms with Crippen molar-refractivity contribution in [3.63, 3.8) is 0 Å². The van der Waals surface area contributed by atoms with Crippen LogP contribution in [0.5, 0.6) is 0 Å². The molecule has 1 aromatic heterocycles. The summed E-state index contributed by atoms with van der Waals surface area (Å²) in [6.07, 6.45) is 1.74. The lowest BCUT2D eigenvalue weighted by Crippen LogP contribution is -2.49. The fourth-order valence-corrected chi connectivity index (χ4v) is 3.70. The Labute approximate surface area is 181 Å². The molecule has 0 aliphatic carbocycles. The van der Waals surface area contributed by atoms with Gasteiger partial charge in [-0.05, 0) is 17.7 Å². The standard InChI is InChI=1S/C23H25ClN4O2/c24-20-8-4-7-19(13-20)21-15-26-23(30-21)17-28-11-9-27(10-12-28)16-22(29)25-14-18-5-2-1-3-6-18/h1-8,13,15H,9-12,14,16-17H2,(H,25,29). The summed E-state index contributed by atoms with van der Waals surface area (Å²) in [6.45, 7) is 5.11. The first kappa shape index (κ1) is 20.6. The van der Waals surface area contributed by atoms with Crippen LogP contribution in [0, 0.1) is 0 Å². The van der Waals surface area contributed by atoms with Crippen molar-refractivity contribution in [2.75, 3.05) is 32.7 Å². The highest BCUT2D eigenvalue weighted by atomic mass is 35.5. The van der Waals surface area contributed by atoms with Crippen LogP contribution in [0.25, 0.3) is 11.3 Å². The molecule has 2 heterocycles. The van der Waals surface area contributed by atoms with E-state index in [1.165, 1.54) is 0 Å². The molecule has 1 aliphatic heterocycles. The zero-order chi connectivity index (χ0) is 20.8. The Morgan fingerprint density at radius 2 is 1.80 bits per heavy atom. The fourth-order valence-electron chi connectivity index (χ4n) is 3.51. The number of oxazole rings is 1. The molecule has 1 aliphatic rings. The Hall–Kier alpha value is -2.67. The summed E-state index contributed by atoms with van der Waals surface area (Å²) >= 11 is 6.05. The summed E-state index contributed by atoms with van der Waals surface area (Å²) in [7, 11) is 0. The number of carbonyl (C=O) groups is 1. The Kier molecular flexibility index (Phi) is 6.79. The third-order valence-electron chi connectivity index (χ3n) is 5.19. The van der Waals surface area contributed by atoms with Crippen LogP contribution >= 0.6 is 11.6 Å². The maximum absolute atomic E-state index is 12.2. The minimum atomic E-state index is 0.0613. The molecule has 1 N–H and O–H groups in total. The van der Waals surface area contributed by atoms with Gasteiger partial charge in [-0.1, -0.05) is 54.1 Å². The van der Waals surface area contributed by atoms with Crippen molar-refractivity contribution >= 4 is 17.5 Å². The Balaban J connectivity index is 1.21. The number of piperazine rings is 1. The van der Waals surface area contributed by atoms with Crippen molar-refractivity contribution in [1.29, 1.82) is 0 Å². The van der Waals surface area contributed by atoms with Gasteiger partial charge in [0.05, 0.1) is 19.3 Å². The lowest BCUT2D eigenvalue weighted by atomic mass is 10.2. The molecule has 7 heteroatoms. The number of halogens is 1. The molecular weight excluding hydrogens is 400 g/mol. The average Bonchev–Trinajstić information content (AvgIpc) is 3.23. The molecule has 1 fully saturated rings. The van der Waals surface area contributed by atoms with Crippen LogP contribution < -0.4 is 5.32 Å². The van der Waals surface area contributed by atoms with Crippen LogP contribution in [0.4, 0.5) is 0 Å². The van der Waals surface area contributed by atoms with E-state index in [0.29, 0.717) is 30.5 Å². The minimum absolute atomic E-state index is 0.0613. The highest BCUT2D eigenvalue weighted by Gasteiger charge is 2.20. The highest BCUT2D eigenvalue weighted by molar-refractivity contribution is 6.30. The molecule has 2 aromatic carbocycles. The van der Waals surface area contributed by atoms with Crippen LogP contribution in [0.15, 0.2) is 65.2 Å². The van der Waals surface area contributed by atoms with E-state index in [2.05, 4.69) is 20.1 Å². The zero-order valence-corrected chi connectivity index (χ0v) is 17.5. The van der Waals surface area contributed by atoms with E-state index < -0.39 is 0 Å². The summed E-state index contributed by atoms with van der Waals surface area (Å²) in [5.74, 6) is 1.48. The van der Waals surface area contributed by atoms with Gasteiger partial charge in [0.15, 0.2) is 5.76 Å². The number of amides is 1. The van der Waals surface area contributed by atoms with Gasteiger partial charge in [0.2, 0.25) is 11.8 Å². The molecule has 0 atom stereocenters. The molecule has 6 nitrogen and oxygen atoms in total. The maximum Gasteiger partial charge on any atom is 0.234 e. The fraction of sp³-hybridized carbons (Fsp3) is 0.304. The van der Waals surface area contributed by atoms with Crippen molar-refractivity contribution in [3.8, 4) is 11.3 Å². The number of carbonyl (C=O) groups excluding carboxylic acids is 1. The molecule has 0 radical (unpaired) electrons. The molecule has 1 saturated heterocycles. The second kappa shape index (κ2) is 9.89. The van der Waals surface area contributed by atoms with Gasteiger partial charge in [0, 0.05) is 43.3 Å². The van der Waals surface area contributed by atoms with E-state index >= 15 is 0 Å². The monoisotopic (exact) mass is 424 g/mol. The molecule has 3 aromatic rings. The normalized spacial score (nSPS) is 15.2. The summed E-state index contributed by atoms with van der Waals surface area (Å²) in [4.78, 5) is 21.1. The Bertz CT molecular complexity index is 968.